The molecule has 0 spiro atoms. The molecule has 4 nitrogen and oxygen atoms in total. The van der Waals surface area contributed by atoms with Crippen LogP contribution in [0, 0.1) is 19.8 Å². The number of hydrogen-bond acceptors (Lipinski definition) is 5. The van der Waals surface area contributed by atoms with Crippen LogP contribution >= 0.6 is 11.8 Å². The van der Waals surface area contributed by atoms with E-state index < -0.39 is 0 Å². The number of carbonyl (C=O) groups is 1. The fraction of sp³-hybridized carbons (Fsp3) is 0.733. The maximum absolute atomic E-state index is 11.8. The number of nitrogens with zero attached hydrogens (tertiary/aromatic N) is 1. The number of thioether (sulfide) groups is 1. The molecule has 0 bridgehead atoms. The average molecular weight is 297 g/mol. The molecule has 1 fully saturated rings. The molecule has 1 saturated carbocycles. The Bertz CT molecular complexity index is 438. The summed E-state index contributed by atoms with van der Waals surface area (Å²) in [7, 11) is 0. The lowest BCUT2D eigenvalue weighted by Crippen LogP contribution is -2.25. The van der Waals surface area contributed by atoms with Gasteiger partial charge in [-0.25, -0.2) is 0 Å². The van der Waals surface area contributed by atoms with Crippen LogP contribution < -0.4 is 0 Å². The molecule has 0 aromatic carbocycles. The van der Waals surface area contributed by atoms with Crippen molar-refractivity contribution in [1.29, 1.82) is 0 Å². The predicted octanol–water partition coefficient (Wildman–Crippen LogP) is 3.65. The van der Waals surface area contributed by atoms with Gasteiger partial charge in [-0.1, -0.05) is 18.5 Å². The molecule has 0 saturated heterocycles. The fourth-order valence-corrected chi connectivity index (χ4v) is 3.60. The SMILES string of the molecule is Cc1noc(C)c1CSCC(=O)OC1CCCC(C)C1. The standard InChI is InChI=1S/C15H23NO3S/c1-10-5-4-6-13(7-10)18-15(17)9-20-8-14-11(2)16-19-12(14)3/h10,13H,4-9H2,1-3H3. The second-order valence-corrected chi connectivity index (χ2v) is 6.66. The first-order valence-corrected chi connectivity index (χ1v) is 8.40. The first-order chi connectivity index (χ1) is 9.56. The Morgan fingerprint density at radius 2 is 2.25 bits per heavy atom. The zero-order valence-corrected chi connectivity index (χ0v) is 13.3. The van der Waals surface area contributed by atoms with E-state index in [2.05, 4.69) is 12.1 Å². The monoisotopic (exact) mass is 297 g/mol. The second kappa shape index (κ2) is 7.16. The van der Waals surface area contributed by atoms with Crippen molar-refractivity contribution in [3.05, 3.63) is 17.0 Å². The first-order valence-electron chi connectivity index (χ1n) is 7.25. The Kier molecular flexibility index (Phi) is 5.52. The van der Waals surface area contributed by atoms with E-state index in [9.17, 15) is 4.79 Å². The zero-order valence-electron chi connectivity index (χ0n) is 12.5. The third-order valence-corrected chi connectivity index (χ3v) is 4.77. The molecular weight excluding hydrogens is 274 g/mol. The van der Waals surface area contributed by atoms with E-state index in [1.807, 2.05) is 13.8 Å². The van der Waals surface area contributed by atoms with Crippen molar-refractivity contribution in [1.82, 2.24) is 5.16 Å². The maximum Gasteiger partial charge on any atom is 0.316 e. The van der Waals surface area contributed by atoms with E-state index in [1.54, 1.807) is 11.8 Å². The highest BCUT2D eigenvalue weighted by molar-refractivity contribution is 7.99. The number of hydrogen-bond donors (Lipinski definition) is 0. The minimum absolute atomic E-state index is 0.0964. The molecule has 2 atom stereocenters. The topological polar surface area (TPSA) is 52.3 Å². The number of esters is 1. The molecule has 1 heterocycles. The van der Waals surface area contributed by atoms with Crippen molar-refractivity contribution in [3.8, 4) is 0 Å². The lowest BCUT2D eigenvalue weighted by atomic mass is 9.89. The Morgan fingerprint density at radius 3 is 2.90 bits per heavy atom. The summed E-state index contributed by atoms with van der Waals surface area (Å²) in [5.41, 5.74) is 2.00. The van der Waals surface area contributed by atoms with E-state index >= 15 is 0 Å². The van der Waals surface area contributed by atoms with E-state index in [4.69, 9.17) is 9.26 Å². The number of ether oxygens (including phenoxy) is 1. The van der Waals surface area contributed by atoms with Gasteiger partial charge in [0.25, 0.3) is 0 Å². The fourth-order valence-electron chi connectivity index (χ4n) is 2.65. The van der Waals surface area contributed by atoms with E-state index in [-0.39, 0.29) is 12.1 Å². The molecule has 0 radical (unpaired) electrons. The Morgan fingerprint density at radius 1 is 1.45 bits per heavy atom. The molecule has 1 aliphatic carbocycles. The molecule has 0 N–H and O–H groups in total. The van der Waals surface area contributed by atoms with Crippen LogP contribution in [0.5, 0.6) is 0 Å². The van der Waals surface area contributed by atoms with E-state index in [0.717, 1.165) is 35.6 Å². The molecule has 1 aromatic heterocycles. The molecule has 1 aromatic rings. The minimum Gasteiger partial charge on any atom is -0.462 e. The minimum atomic E-state index is -0.0964. The van der Waals surface area contributed by atoms with Gasteiger partial charge in [0.1, 0.15) is 11.9 Å². The van der Waals surface area contributed by atoms with Crippen molar-refractivity contribution in [2.45, 2.75) is 58.3 Å². The van der Waals surface area contributed by atoms with Gasteiger partial charge in [-0.05, 0) is 39.0 Å². The Labute approximate surface area is 124 Å². The van der Waals surface area contributed by atoms with E-state index in [0.29, 0.717) is 11.7 Å². The van der Waals surface area contributed by atoms with Crippen molar-refractivity contribution < 1.29 is 14.1 Å². The van der Waals surface area contributed by atoms with Gasteiger partial charge < -0.3 is 9.26 Å². The van der Waals surface area contributed by atoms with Gasteiger partial charge in [-0.3, -0.25) is 4.79 Å². The average Bonchev–Trinajstić information content (AvgIpc) is 2.70. The van der Waals surface area contributed by atoms with Crippen molar-refractivity contribution in [2.24, 2.45) is 5.92 Å². The second-order valence-electron chi connectivity index (χ2n) is 5.68. The zero-order chi connectivity index (χ0) is 14.5. The van der Waals surface area contributed by atoms with Crippen LogP contribution in [0.4, 0.5) is 0 Å². The van der Waals surface area contributed by atoms with Crippen LogP contribution in [0.25, 0.3) is 0 Å². The number of aromatic nitrogens is 1. The molecule has 20 heavy (non-hydrogen) atoms. The smallest absolute Gasteiger partial charge is 0.316 e. The Balaban J connectivity index is 1.70. The third kappa shape index (κ3) is 4.27. The van der Waals surface area contributed by atoms with Gasteiger partial charge >= 0.3 is 5.97 Å². The van der Waals surface area contributed by atoms with Crippen LogP contribution in [0.3, 0.4) is 0 Å². The van der Waals surface area contributed by atoms with Gasteiger partial charge in [-0.2, -0.15) is 0 Å². The summed E-state index contributed by atoms with van der Waals surface area (Å²) in [5, 5.41) is 3.91. The van der Waals surface area contributed by atoms with Gasteiger partial charge in [0, 0.05) is 11.3 Å². The van der Waals surface area contributed by atoms with E-state index in [1.165, 1.54) is 12.8 Å². The van der Waals surface area contributed by atoms with Gasteiger partial charge in [0.2, 0.25) is 0 Å². The molecule has 2 unspecified atom stereocenters. The van der Waals surface area contributed by atoms with Gasteiger partial charge in [-0.15, -0.1) is 11.8 Å². The van der Waals surface area contributed by atoms with Gasteiger partial charge in [0.05, 0.1) is 11.4 Å². The summed E-state index contributed by atoms with van der Waals surface area (Å²) in [4.78, 5) is 11.8. The van der Waals surface area contributed by atoms with Crippen LogP contribution in [0.15, 0.2) is 4.52 Å². The Hall–Kier alpha value is -0.970. The molecule has 112 valence electrons. The molecule has 0 amide bonds. The first kappa shape index (κ1) is 15.4. The third-order valence-electron chi connectivity index (χ3n) is 3.83. The van der Waals surface area contributed by atoms with Crippen LogP contribution in [0.1, 0.15) is 49.6 Å². The largest absolute Gasteiger partial charge is 0.462 e. The molecule has 0 aliphatic heterocycles. The number of carbonyl (C=O) groups excluding carboxylic acids is 1. The quantitative estimate of drug-likeness (QED) is 0.777. The number of rotatable bonds is 5. The lowest BCUT2D eigenvalue weighted by Gasteiger charge is -2.26. The van der Waals surface area contributed by atoms with Crippen LogP contribution in [-0.4, -0.2) is 23.0 Å². The molecule has 2 rings (SSSR count). The summed E-state index contributed by atoms with van der Waals surface area (Å²) < 4.78 is 10.6. The van der Waals surface area contributed by atoms with Crippen molar-refractivity contribution in [2.75, 3.05) is 5.75 Å². The van der Waals surface area contributed by atoms with Crippen molar-refractivity contribution in [3.63, 3.8) is 0 Å². The lowest BCUT2D eigenvalue weighted by molar-refractivity contribution is -0.147. The summed E-state index contributed by atoms with van der Waals surface area (Å²) >= 11 is 1.56. The summed E-state index contributed by atoms with van der Waals surface area (Å²) in [5.74, 6) is 2.56. The number of aryl methyl sites for hydroxylation is 2. The van der Waals surface area contributed by atoms with Gasteiger partial charge in [0.15, 0.2) is 0 Å². The maximum atomic E-state index is 11.8. The summed E-state index contributed by atoms with van der Waals surface area (Å²) in [6.07, 6.45) is 4.59. The highest BCUT2D eigenvalue weighted by Gasteiger charge is 2.22. The summed E-state index contributed by atoms with van der Waals surface area (Å²) in [6.45, 7) is 6.05. The van der Waals surface area contributed by atoms with Crippen LogP contribution in [0.2, 0.25) is 0 Å². The highest BCUT2D eigenvalue weighted by Crippen LogP contribution is 2.26. The molecular formula is C15H23NO3S. The highest BCUT2D eigenvalue weighted by atomic mass is 32.2. The van der Waals surface area contributed by atoms with Crippen molar-refractivity contribution >= 4 is 17.7 Å². The van der Waals surface area contributed by atoms with Crippen LogP contribution in [-0.2, 0) is 15.3 Å². The molecule has 5 heteroatoms. The summed E-state index contributed by atoms with van der Waals surface area (Å²) in [6, 6.07) is 0. The normalized spacial score (nSPS) is 22.8. The predicted molar refractivity (Wildman–Crippen MR) is 79.7 cm³/mol. The molecule has 1 aliphatic rings.